The molecule has 6 heteroatoms. The van der Waals surface area contributed by atoms with Crippen molar-refractivity contribution in [2.75, 3.05) is 6.61 Å². The van der Waals surface area contributed by atoms with Gasteiger partial charge in [-0.25, -0.2) is 0 Å². The van der Waals surface area contributed by atoms with E-state index in [0.29, 0.717) is 5.56 Å². The van der Waals surface area contributed by atoms with Gasteiger partial charge in [0.25, 0.3) is 5.91 Å². The molecule has 0 saturated heterocycles. The largest absolute Gasteiger partial charge is 0.507 e. The number of hydrogen-bond donors (Lipinski definition) is 2. The molecule has 0 spiro atoms. The van der Waals surface area contributed by atoms with Gasteiger partial charge in [0.15, 0.2) is 6.61 Å². The Hall–Kier alpha value is -2.34. The topological polar surface area (TPSA) is 70.9 Å². The second-order valence-corrected chi connectivity index (χ2v) is 6.29. The smallest absolute Gasteiger partial charge is 0.260 e. The highest BCUT2D eigenvalue weighted by Crippen LogP contribution is 2.20. The van der Waals surface area contributed by atoms with Crippen LogP contribution in [-0.2, 0) is 16.1 Å². The number of phenolic OH excluding ortho intramolecular Hbond substituents is 1. The minimum absolute atomic E-state index is 0.00148. The standard InChI is InChI=1S/C18H19BrN2O3/c1-13(9-14-5-3-2-4-6-14)21-18(23)12-24-20-11-15-10-16(19)7-8-17(15)22/h2-8,10-11,13,22H,9,12H2,1H3,(H,21,23)/b20-11+. The van der Waals surface area contributed by atoms with Crippen molar-refractivity contribution >= 4 is 28.1 Å². The molecule has 2 aromatic rings. The molecule has 0 fully saturated rings. The Morgan fingerprint density at radius 2 is 2.08 bits per heavy atom. The number of nitrogens with zero attached hydrogens (tertiary/aromatic N) is 1. The van der Waals surface area contributed by atoms with E-state index in [-0.39, 0.29) is 24.3 Å². The summed E-state index contributed by atoms with van der Waals surface area (Å²) in [5, 5.41) is 16.2. The maximum absolute atomic E-state index is 11.8. The Balaban J connectivity index is 1.74. The number of oxime groups is 1. The maximum atomic E-state index is 11.8. The predicted octanol–water partition coefficient (Wildman–Crippen LogP) is 3.25. The Kier molecular flexibility index (Phi) is 6.81. The monoisotopic (exact) mass is 390 g/mol. The highest BCUT2D eigenvalue weighted by atomic mass is 79.9. The van der Waals surface area contributed by atoms with Gasteiger partial charge in [-0.3, -0.25) is 4.79 Å². The highest BCUT2D eigenvalue weighted by Gasteiger charge is 2.08. The van der Waals surface area contributed by atoms with Gasteiger partial charge in [0, 0.05) is 16.1 Å². The molecule has 0 saturated carbocycles. The zero-order valence-corrected chi connectivity index (χ0v) is 14.9. The highest BCUT2D eigenvalue weighted by molar-refractivity contribution is 9.10. The molecule has 24 heavy (non-hydrogen) atoms. The minimum atomic E-state index is -0.242. The quantitative estimate of drug-likeness (QED) is 0.562. The summed E-state index contributed by atoms with van der Waals surface area (Å²) in [6.07, 6.45) is 2.11. The Bertz CT molecular complexity index is 705. The van der Waals surface area contributed by atoms with Gasteiger partial charge in [-0.05, 0) is 37.1 Å². The van der Waals surface area contributed by atoms with Gasteiger partial charge < -0.3 is 15.3 Å². The molecular weight excluding hydrogens is 372 g/mol. The molecular formula is C18H19BrN2O3. The van der Waals surface area contributed by atoms with Crippen molar-refractivity contribution < 1.29 is 14.7 Å². The number of phenols is 1. The summed E-state index contributed by atoms with van der Waals surface area (Å²) in [5.41, 5.74) is 1.66. The average Bonchev–Trinajstić information content (AvgIpc) is 2.55. The number of hydrogen-bond acceptors (Lipinski definition) is 4. The van der Waals surface area contributed by atoms with Crippen LogP contribution in [0.25, 0.3) is 0 Å². The van der Waals surface area contributed by atoms with E-state index in [2.05, 4.69) is 26.4 Å². The molecule has 0 aliphatic carbocycles. The molecule has 2 N–H and O–H groups in total. The fourth-order valence-electron chi connectivity index (χ4n) is 2.15. The van der Waals surface area contributed by atoms with Crippen LogP contribution in [0.4, 0.5) is 0 Å². The molecule has 0 aliphatic rings. The van der Waals surface area contributed by atoms with Crippen LogP contribution < -0.4 is 5.32 Å². The van der Waals surface area contributed by atoms with E-state index in [1.165, 1.54) is 6.21 Å². The van der Waals surface area contributed by atoms with Gasteiger partial charge in [0.2, 0.25) is 0 Å². The first-order valence-corrected chi connectivity index (χ1v) is 8.31. The second-order valence-electron chi connectivity index (χ2n) is 5.37. The number of aromatic hydroxyl groups is 1. The third kappa shape index (κ3) is 6.04. The van der Waals surface area contributed by atoms with E-state index >= 15 is 0 Å². The summed E-state index contributed by atoms with van der Waals surface area (Å²) >= 11 is 3.31. The lowest BCUT2D eigenvalue weighted by Crippen LogP contribution is -2.36. The van der Waals surface area contributed by atoms with Crippen molar-refractivity contribution in [3.8, 4) is 5.75 Å². The lowest BCUT2D eigenvalue weighted by molar-refractivity contribution is -0.126. The lowest BCUT2D eigenvalue weighted by atomic mass is 10.1. The van der Waals surface area contributed by atoms with Crippen molar-refractivity contribution in [3.05, 3.63) is 64.1 Å². The number of benzene rings is 2. The van der Waals surface area contributed by atoms with Crippen molar-refractivity contribution in [2.24, 2.45) is 5.16 Å². The van der Waals surface area contributed by atoms with Crippen LogP contribution in [0.5, 0.6) is 5.75 Å². The number of amides is 1. The molecule has 0 aliphatic heterocycles. The predicted molar refractivity (Wildman–Crippen MR) is 97.1 cm³/mol. The Morgan fingerprint density at radius 1 is 1.33 bits per heavy atom. The summed E-state index contributed by atoms with van der Waals surface area (Å²) in [6.45, 7) is 1.76. The van der Waals surface area contributed by atoms with Gasteiger partial charge >= 0.3 is 0 Å². The van der Waals surface area contributed by atoms with Crippen molar-refractivity contribution in [3.63, 3.8) is 0 Å². The molecule has 1 amide bonds. The fraction of sp³-hybridized carbons (Fsp3) is 0.222. The summed E-state index contributed by atoms with van der Waals surface area (Å²) < 4.78 is 0.814. The van der Waals surface area contributed by atoms with Crippen LogP contribution in [0.1, 0.15) is 18.1 Å². The fourth-order valence-corrected chi connectivity index (χ4v) is 2.53. The Labute approximate surface area is 149 Å². The SMILES string of the molecule is CC(Cc1ccccc1)NC(=O)CO/N=C/c1cc(Br)ccc1O. The third-order valence-electron chi connectivity index (χ3n) is 3.24. The molecule has 2 aromatic carbocycles. The minimum Gasteiger partial charge on any atom is -0.507 e. The second kappa shape index (κ2) is 9.08. The van der Waals surface area contributed by atoms with Crippen LogP contribution in [0.15, 0.2) is 58.2 Å². The summed E-state index contributed by atoms with van der Waals surface area (Å²) in [7, 11) is 0. The van der Waals surface area contributed by atoms with E-state index in [1.54, 1.807) is 18.2 Å². The lowest BCUT2D eigenvalue weighted by Gasteiger charge is -2.13. The maximum Gasteiger partial charge on any atom is 0.260 e. The van der Waals surface area contributed by atoms with E-state index in [0.717, 1.165) is 16.5 Å². The molecule has 0 aromatic heterocycles. The number of rotatable bonds is 7. The molecule has 0 heterocycles. The van der Waals surface area contributed by atoms with E-state index in [1.807, 2.05) is 37.3 Å². The van der Waals surface area contributed by atoms with Crippen molar-refractivity contribution in [1.82, 2.24) is 5.32 Å². The molecule has 0 bridgehead atoms. The molecule has 5 nitrogen and oxygen atoms in total. The number of carbonyl (C=O) groups is 1. The molecule has 2 rings (SSSR count). The zero-order chi connectivity index (χ0) is 17.4. The molecule has 1 unspecified atom stereocenters. The average molecular weight is 391 g/mol. The zero-order valence-electron chi connectivity index (χ0n) is 13.3. The van der Waals surface area contributed by atoms with Gasteiger partial charge in [0.05, 0.1) is 6.21 Å². The first-order valence-electron chi connectivity index (χ1n) is 7.51. The van der Waals surface area contributed by atoms with Crippen LogP contribution in [-0.4, -0.2) is 29.9 Å². The van der Waals surface area contributed by atoms with Crippen LogP contribution in [0.3, 0.4) is 0 Å². The molecule has 0 radical (unpaired) electrons. The van der Waals surface area contributed by atoms with Crippen molar-refractivity contribution in [2.45, 2.75) is 19.4 Å². The Morgan fingerprint density at radius 3 is 2.83 bits per heavy atom. The summed E-state index contributed by atoms with van der Waals surface area (Å²) in [4.78, 5) is 16.8. The van der Waals surface area contributed by atoms with E-state index in [9.17, 15) is 9.90 Å². The normalized spacial score (nSPS) is 12.1. The first kappa shape index (κ1) is 18.0. The number of halogens is 1. The summed E-state index contributed by atoms with van der Waals surface area (Å²) in [5.74, 6) is -0.152. The van der Waals surface area contributed by atoms with Gasteiger partial charge in [-0.15, -0.1) is 0 Å². The van der Waals surface area contributed by atoms with Crippen LogP contribution >= 0.6 is 15.9 Å². The number of carbonyl (C=O) groups excluding carboxylic acids is 1. The van der Waals surface area contributed by atoms with E-state index < -0.39 is 0 Å². The van der Waals surface area contributed by atoms with Crippen molar-refractivity contribution in [1.29, 1.82) is 0 Å². The van der Waals surface area contributed by atoms with Gasteiger partial charge in [0.1, 0.15) is 5.75 Å². The first-order chi connectivity index (χ1) is 11.5. The van der Waals surface area contributed by atoms with E-state index in [4.69, 9.17) is 4.84 Å². The molecule has 1 atom stereocenters. The van der Waals surface area contributed by atoms with Gasteiger partial charge in [-0.1, -0.05) is 51.4 Å². The summed E-state index contributed by atoms with van der Waals surface area (Å²) in [6, 6.07) is 14.9. The van der Waals surface area contributed by atoms with Crippen LogP contribution in [0.2, 0.25) is 0 Å². The molecule has 126 valence electrons. The number of nitrogens with one attached hydrogen (secondary N) is 1. The van der Waals surface area contributed by atoms with Crippen LogP contribution in [0, 0.1) is 0 Å². The third-order valence-corrected chi connectivity index (χ3v) is 3.74. The van der Waals surface area contributed by atoms with Gasteiger partial charge in [-0.2, -0.15) is 0 Å².